The minimum absolute atomic E-state index is 0.171. The first-order valence-electron chi connectivity index (χ1n) is 13.0. The number of rotatable bonds is 10. The second-order valence-electron chi connectivity index (χ2n) is 11.9. The van der Waals surface area contributed by atoms with Crippen molar-refractivity contribution in [3.63, 3.8) is 0 Å². The Morgan fingerprint density at radius 1 is 0.645 bits per heavy atom. The van der Waals surface area contributed by atoms with Gasteiger partial charge in [-0.05, 0) is 93.3 Å². The van der Waals surface area contributed by atoms with Crippen LogP contribution in [0.3, 0.4) is 0 Å². The summed E-state index contributed by atoms with van der Waals surface area (Å²) in [4.78, 5) is 0. The Balaban J connectivity index is 1.37. The Morgan fingerprint density at radius 2 is 1.19 bits per heavy atom. The summed E-state index contributed by atoms with van der Waals surface area (Å²) in [6.45, 7) is 3.70. The van der Waals surface area contributed by atoms with Crippen molar-refractivity contribution in [2.75, 3.05) is 26.4 Å². The van der Waals surface area contributed by atoms with Gasteiger partial charge in [-0.25, -0.2) is 0 Å². The van der Waals surface area contributed by atoms with Crippen LogP contribution in [0.4, 0.5) is 0 Å². The molecule has 0 amide bonds. The van der Waals surface area contributed by atoms with Gasteiger partial charge in [0.25, 0.3) is 0 Å². The molecular formula is C25H42N2O4. The lowest BCUT2D eigenvalue weighted by Crippen LogP contribution is -2.59. The molecule has 6 nitrogen and oxygen atoms in total. The maximum absolute atomic E-state index is 6.96. The Morgan fingerprint density at radius 3 is 1.74 bits per heavy atom. The predicted molar refractivity (Wildman–Crippen MR) is 118 cm³/mol. The zero-order valence-corrected chi connectivity index (χ0v) is 19.0. The minimum Gasteiger partial charge on any atom is -0.373 e. The van der Waals surface area contributed by atoms with Crippen molar-refractivity contribution < 1.29 is 18.9 Å². The summed E-state index contributed by atoms with van der Waals surface area (Å²) in [7, 11) is 0. The molecule has 0 spiro atoms. The van der Waals surface area contributed by atoms with Crippen molar-refractivity contribution in [1.29, 1.82) is 0 Å². The fraction of sp³-hybridized carbons (Fsp3) is 1.00. The fourth-order valence-corrected chi connectivity index (χ4v) is 7.85. The fourth-order valence-electron chi connectivity index (χ4n) is 7.85. The first kappa shape index (κ1) is 21.3. The highest BCUT2D eigenvalue weighted by atomic mass is 16.6. The highest BCUT2D eigenvalue weighted by molar-refractivity contribution is 5.13. The topological polar surface area (TPSA) is 102 Å². The van der Waals surface area contributed by atoms with E-state index in [1.165, 1.54) is 44.9 Å². The first-order chi connectivity index (χ1) is 15.1. The molecule has 4 heterocycles. The quantitative estimate of drug-likeness (QED) is 0.513. The maximum Gasteiger partial charge on any atom is 0.0815 e. The number of hydrogen-bond donors (Lipinski definition) is 2. The van der Waals surface area contributed by atoms with Gasteiger partial charge in [-0.3, -0.25) is 0 Å². The molecule has 2 saturated carbocycles. The molecule has 4 N–H and O–H groups in total. The normalized spacial score (nSPS) is 53.2. The molecular weight excluding hydrogens is 392 g/mol. The zero-order valence-electron chi connectivity index (χ0n) is 19.0. The molecule has 0 bridgehead atoms. The lowest BCUT2D eigenvalue weighted by molar-refractivity contribution is -0.123. The Kier molecular flexibility index (Phi) is 5.64. The molecule has 0 radical (unpaired) electrons. The van der Waals surface area contributed by atoms with Crippen molar-refractivity contribution in [1.82, 2.24) is 0 Å². The molecule has 0 aromatic heterocycles. The van der Waals surface area contributed by atoms with Crippen molar-refractivity contribution in [3.8, 4) is 0 Å². The number of nitrogens with two attached hydrogens (primary N) is 2. The minimum atomic E-state index is 0.171. The summed E-state index contributed by atoms with van der Waals surface area (Å²) < 4.78 is 23.5. The molecule has 176 valence electrons. The van der Waals surface area contributed by atoms with E-state index in [1.54, 1.807) is 0 Å². The van der Waals surface area contributed by atoms with Crippen molar-refractivity contribution in [2.45, 2.75) is 107 Å². The lowest BCUT2D eigenvalue weighted by atomic mass is 9.43. The van der Waals surface area contributed by atoms with Crippen molar-refractivity contribution >= 4 is 0 Å². The van der Waals surface area contributed by atoms with Crippen LogP contribution in [0.25, 0.3) is 0 Å². The van der Waals surface area contributed by atoms with Crippen LogP contribution in [0.15, 0.2) is 0 Å². The molecule has 31 heavy (non-hydrogen) atoms. The van der Waals surface area contributed by atoms with E-state index in [0.717, 1.165) is 58.0 Å². The summed E-state index contributed by atoms with van der Waals surface area (Å²) in [5, 5.41) is 0. The highest BCUT2D eigenvalue weighted by Crippen LogP contribution is 2.67. The molecule has 6 aliphatic rings. The zero-order chi connectivity index (χ0) is 21.1. The van der Waals surface area contributed by atoms with Crippen LogP contribution in [0.5, 0.6) is 0 Å². The van der Waals surface area contributed by atoms with Gasteiger partial charge >= 0.3 is 0 Å². The lowest BCUT2D eigenvalue weighted by Gasteiger charge is -2.61. The van der Waals surface area contributed by atoms with E-state index in [4.69, 9.17) is 30.4 Å². The van der Waals surface area contributed by atoms with E-state index in [-0.39, 0.29) is 16.9 Å². The highest BCUT2D eigenvalue weighted by Gasteiger charge is 2.63. The molecule has 0 aromatic rings. The van der Waals surface area contributed by atoms with E-state index >= 15 is 0 Å². The Hall–Kier alpha value is -0.240. The maximum atomic E-state index is 6.96. The summed E-state index contributed by atoms with van der Waals surface area (Å²) in [6.07, 6.45) is 14.9. The summed E-state index contributed by atoms with van der Waals surface area (Å²) in [5.41, 5.74) is 13.7. The van der Waals surface area contributed by atoms with Gasteiger partial charge in [0, 0.05) is 12.1 Å². The standard InChI is InChI=1S/C25H42N2O4/c26-17-3-1-16(2-4-17)8-24(9-19-13-29-19)6-5-23(27)22(7-18-12-28-18)25(24,10-20-14-30-20)11-21-15-31-21/h16-23H,1-15,26-27H2. The Labute approximate surface area is 187 Å². The largest absolute Gasteiger partial charge is 0.373 e. The van der Waals surface area contributed by atoms with Gasteiger partial charge in [0.2, 0.25) is 0 Å². The number of ether oxygens (including phenoxy) is 4. The monoisotopic (exact) mass is 434 g/mol. The summed E-state index contributed by atoms with van der Waals surface area (Å²) in [6, 6.07) is 0.665. The van der Waals surface area contributed by atoms with Gasteiger partial charge in [-0.2, -0.15) is 0 Å². The third-order valence-electron chi connectivity index (χ3n) is 9.74. The molecule has 2 aliphatic carbocycles. The SMILES string of the molecule is NC1CCC(CC2(CC3CO3)CCC(N)C(CC3CO3)C2(CC2CO2)CC2CO2)CC1. The van der Waals surface area contributed by atoms with E-state index in [9.17, 15) is 0 Å². The molecule has 0 aromatic carbocycles. The van der Waals surface area contributed by atoms with E-state index < -0.39 is 0 Å². The molecule has 4 saturated heterocycles. The van der Waals surface area contributed by atoms with Gasteiger partial charge in [-0.1, -0.05) is 0 Å². The molecule has 7 unspecified atom stereocenters. The molecule has 4 aliphatic heterocycles. The van der Waals surface area contributed by atoms with Crippen LogP contribution in [-0.4, -0.2) is 62.9 Å². The van der Waals surface area contributed by atoms with E-state index in [2.05, 4.69) is 0 Å². The van der Waals surface area contributed by atoms with Crippen LogP contribution >= 0.6 is 0 Å². The van der Waals surface area contributed by atoms with E-state index in [1.807, 2.05) is 0 Å². The van der Waals surface area contributed by atoms with Crippen LogP contribution in [0, 0.1) is 22.7 Å². The average molecular weight is 435 g/mol. The van der Waals surface area contributed by atoms with Crippen molar-refractivity contribution in [2.24, 2.45) is 34.1 Å². The number of epoxide rings is 4. The van der Waals surface area contributed by atoms with Gasteiger partial charge in [-0.15, -0.1) is 0 Å². The van der Waals surface area contributed by atoms with Crippen LogP contribution < -0.4 is 11.5 Å². The van der Waals surface area contributed by atoms with Crippen LogP contribution in [-0.2, 0) is 18.9 Å². The van der Waals surface area contributed by atoms with Gasteiger partial charge < -0.3 is 30.4 Å². The second kappa shape index (κ2) is 8.21. The van der Waals surface area contributed by atoms with Crippen LogP contribution in [0.2, 0.25) is 0 Å². The second-order valence-corrected chi connectivity index (χ2v) is 11.9. The predicted octanol–water partition coefficient (Wildman–Crippen LogP) is 2.76. The molecule has 7 atom stereocenters. The van der Waals surface area contributed by atoms with Gasteiger partial charge in [0.05, 0.1) is 50.8 Å². The number of hydrogen-bond acceptors (Lipinski definition) is 6. The first-order valence-corrected chi connectivity index (χ1v) is 13.0. The third-order valence-corrected chi connectivity index (χ3v) is 9.74. The van der Waals surface area contributed by atoms with Gasteiger partial charge in [0.15, 0.2) is 0 Å². The summed E-state index contributed by atoms with van der Waals surface area (Å²) >= 11 is 0. The van der Waals surface area contributed by atoms with E-state index in [0.29, 0.717) is 36.4 Å². The van der Waals surface area contributed by atoms with Gasteiger partial charge in [0.1, 0.15) is 0 Å². The van der Waals surface area contributed by atoms with Crippen LogP contribution in [0.1, 0.15) is 70.6 Å². The molecule has 6 fully saturated rings. The Bertz CT molecular complexity index is 623. The molecule has 6 heteroatoms. The van der Waals surface area contributed by atoms with Crippen molar-refractivity contribution in [3.05, 3.63) is 0 Å². The third kappa shape index (κ3) is 4.58. The average Bonchev–Trinajstić information content (AvgIpc) is 3.59. The smallest absolute Gasteiger partial charge is 0.0815 e. The summed E-state index contributed by atoms with van der Waals surface area (Å²) in [5.74, 6) is 1.28. The molecule has 6 rings (SSSR count).